The Morgan fingerprint density at radius 2 is 2.24 bits per heavy atom. The van der Waals surface area contributed by atoms with Crippen LogP contribution in [0.25, 0.3) is 0 Å². The van der Waals surface area contributed by atoms with Crippen molar-refractivity contribution in [3.05, 3.63) is 29.3 Å². The van der Waals surface area contributed by atoms with Gasteiger partial charge in [0.05, 0.1) is 0 Å². The van der Waals surface area contributed by atoms with E-state index >= 15 is 0 Å². The number of carbonyl (C=O) groups excluding carboxylic acids is 3. The van der Waals surface area contributed by atoms with E-state index in [0.717, 1.165) is 11.3 Å². The molecule has 1 atom stereocenters. The molecule has 0 spiro atoms. The first-order valence-corrected chi connectivity index (χ1v) is 6.92. The third kappa shape index (κ3) is 3.04. The summed E-state index contributed by atoms with van der Waals surface area (Å²) in [6.45, 7) is 2.46. The third-order valence-corrected chi connectivity index (χ3v) is 3.81. The van der Waals surface area contributed by atoms with Crippen molar-refractivity contribution in [2.45, 2.75) is 32.4 Å². The molecule has 0 aliphatic carbocycles. The smallest absolute Gasteiger partial charge is 0.254 e. The predicted octanol–water partition coefficient (Wildman–Crippen LogP) is 1.13. The third-order valence-electron chi connectivity index (χ3n) is 3.81. The van der Waals surface area contributed by atoms with Gasteiger partial charge in [-0.25, -0.2) is 0 Å². The van der Waals surface area contributed by atoms with Crippen molar-refractivity contribution in [2.75, 3.05) is 12.4 Å². The zero-order chi connectivity index (χ0) is 15.4. The molecule has 0 fully saturated rings. The highest BCUT2D eigenvalue weighted by atomic mass is 16.2. The summed E-state index contributed by atoms with van der Waals surface area (Å²) in [5, 5.41) is 5.20. The zero-order valence-electron chi connectivity index (χ0n) is 12.2. The van der Waals surface area contributed by atoms with Crippen molar-refractivity contribution in [3.8, 4) is 0 Å². The Morgan fingerprint density at radius 3 is 2.90 bits per heavy atom. The first kappa shape index (κ1) is 15.0. The molecule has 1 heterocycles. The van der Waals surface area contributed by atoms with Crippen LogP contribution in [0, 0.1) is 0 Å². The number of nitrogens with one attached hydrogen (secondary N) is 2. The minimum absolute atomic E-state index is 0.00889. The quantitative estimate of drug-likeness (QED) is 0.769. The topological polar surface area (TPSA) is 78.5 Å². The molecule has 6 nitrogen and oxygen atoms in total. The number of amides is 3. The fraction of sp³-hybridized carbons (Fsp3) is 0.400. The summed E-state index contributed by atoms with van der Waals surface area (Å²) < 4.78 is 0. The Labute approximate surface area is 123 Å². The van der Waals surface area contributed by atoms with E-state index in [2.05, 4.69) is 10.6 Å². The van der Waals surface area contributed by atoms with E-state index in [1.54, 1.807) is 4.90 Å². The van der Waals surface area contributed by atoms with Gasteiger partial charge in [0.25, 0.3) is 5.91 Å². The van der Waals surface area contributed by atoms with Crippen molar-refractivity contribution < 1.29 is 14.4 Å². The van der Waals surface area contributed by atoms with E-state index in [9.17, 15) is 14.4 Å². The first-order valence-electron chi connectivity index (χ1n) is 6.92. The van der Waals surface area contributed by atoms with Gasteiger partial charge in [-0.3, -0.25) is 19.7 Å². The van der Waals surface area contributed by atoms with Crippen LogP contribution in [-0.4, -0.2) is 36.2 Å². The van der Waals surface area contributed by atoms with Gasteiger partial charge in [-0.1, -0.05) is 6.07 Å². The van der Waals surface area contributed by atoms with Crippen molar-refractivity contribution in [1.29, 1.82) is 0 Å². The lowest BCUT2D eigenvalue weighted by molar-refractivity contribution is -0.125. The minimum Gasteiger partial charge on any atom is -0.388 e. The largest absolute Gasteiger partial charge is 0.388 e. The number of carbonyl (C=O) groups is 3. The molecular weight excluding hydrogens is 270 g/mol. The van der Waals surface area contributed by atoms with Crippen molar-refractivity contribution in [3.63, 3.8) is 0 Å². The standard InChI is InChI=1S/C15H19N3O3/c1-10(6-7-14(20)17-9-19)18-8-12-11(15(18)21)4-3-5-13(12)16-2/h3-5,9-10,16H,6-8H2,1-2H3,(H,17,19,20). The molecule has 21 heavy (non-hydrogen) atoms. The fourth-order valence-electron chi connectivity index (χ4n) is 2.58. The second-order valence-corrected chi connectivity index (χ2v) is 5.09. The van der Waals surface area contributed by atoms with Gasteiger partial charge in [-0.15, -0.1) is 0 Å². The lowest BCUT2D eigenvalue weighted by atomic mass is 10.1. The van der Waals surface area contributed by atoms with Crippen LogP contribution in [0.4, 0.5) is 5.69 Å². The van der Waals surface area contributed by atoms with Crippen LogP contribution in [0.15, 0.2) is 18.2 Å². The summed E-state index contributed by atoms with van der Waals surface area (Å²) in [6, 6.07) is 5.56. The summed E-state index contributed by atoms with van der Waals surface area (Å²) in [5.41, 5.74) is 2.66. The van der Waals surface area contributed by atoms with Crippen LogP contribution < -0.4 is 10.6 Å². The molecule has 1 unspecified atom stereocenters. The average Bonchev–Trinajstić information content (AvgIpc) is 2.82. The molecule has 6 heteroatoms. The van der Waals surface area contributed by atoms with Gasteiger partial charge in [0.15, 0.2) is 0 Å². The Balaban J connectivity index is 2.05. The van der Waals surface area contributed by atoms with E-state index in [1.807, 2.05) is 32.2 Å². The SMILES string of the molecule is CNc1cccc2c1CN(C(C)CCC(=O)NC=O)C2=O. The molecule has 0 saturated carbocycles. The molecule has 112 valence electrons. The molecule has 0 saturated heterocycles. The number of rotatable bonds is 6. The molecule has 1 aliphatic heterocycles. The molecule has 0 aromatic heterocycles. The Bertz CT molecular complexity index is 571. The predicted molar refractivity (Wildman–Crippen MR) is 78.8 cm³/mol. The monoisotopic (exact) mass is 289 g/mol. The summed E-state index contributed by atoms with van der Waals surface area (Å²) >= 11 is 0. The lowest BCUT2D eigenvalue weighted by Crippen LogP contribution is -2.34. The average molecular weight is 289 g/mol. The fourth-order valence-corrected chi connectivity index (χ4v) is 2.58. The van der Waals surface area contributed by atoms with Gasteiger partial charge < -0.3 is 10.2 Å². The molecule has 1 aromatic carbocycles. The molecule has 0 radical (unpaired) electrons. The summed E-state index contributed by atoms with van der Waals surface area (Å²) in [6.07, 6.45) is 1.12. The molecule has 3 amide bonds. The van der Waals surface area contributed by atoms with Crippen LogP contribution in [-0.2, 0) is 16.1 Å². The van der Waals surface area contributed by atoms with E-state index in [1.165, 1.54) is 0 Å². The van der Waals surface area contributed by atoms with Gasteiger partial charge in [0.1, 0.15) is 0 Å². The zero-order valence-corrected chi connectivity index (χ0v) is 12.2. The van der Waals surface area contributed by atoms with Gasteiger partial charge in [-0.2, -0.15) is 0 Å². The first-order chi connectivity index (χ1) is 10.1. The molecule has 1 aromatic rings. The Hall–Kier alpha value is -2.37. The Kier molecular flexibility index (Phi) is 4.57. The van der Waals surface area contributed by atoms with Crippen molar-refractivity contribution in [2.24, 2.45) is 0 Å². The highest BCUT2D eigenvalue weighted by molar-refractivity contribution is 6.00. The molecule has 1 aliphatic rings. The summed E-state index contributed by atoms with van der Waals surface area (Å²) in [7, 11) is 1.83. The summed E-state index contributed by atoms with van der Waals surface area (Å²) in [4.78, 5) is 35.7. The van der Waals surface area contributed by atoms with Gasteiger partial charge >= 0.3 is 0 Å². The second kappa shape index (κ2) is 6.39. The maximum atomic E-state index is 12.4. The normalized spacial score (nSPS) is 14.6. The maximum Gasteiger partial charge on any atom is 0.254 e. The number of benzene rings is 1. The molecular formula is C15H19N3O3. The highest BCUT2D eigenvalue weighted by Crippen LogP contribution is 2.31. The Morgan fingerprint density at radius 1 is 1.48 bits per heavy atom. The highest BCUT2D eigenvalue weighted by Gasteiger charge is 2.32. The van der Waals surface area contributed by atoms with Crippen molar-refractivity contribution >= 4 is 23.9 Å². The van der Waals surface area contributed by atoms with Crippen LogP contribution in [0.1, 0.15) is 35.7 Å². The number of hydrogen-bond donors (Lipinski definition) is 2. The molecule has 2 rings (SSSR count). The van der Waals surface area contributed by atoms with E-state index in [4.69, 9.17) is 0 Å². The molecule has 0 bridgehead atoms. The number of imide groups is 1. The minimum atomic E-state index is -0.322. The number of anilines is 1. The van der Waals surface area contributed by atoms with Crippen LogP contribution in [0.2, 0.25) is 0 Å². The van der Waals surface area contributed by atoms with Gasteiger partial charge in [0.2, 0.25) is 12.3 Å². The van der Waals surface area contributed by atoms with Crippen LogP contribution in [0.5, 0.6) is 0 Å². The second-order valence-electron chi connectivity index (χ2n) is 5.09. The van der Waals surface area contributed by atoms with Crippen LogP contribution in [0.3, 0.4) is 0 Å². The van der Waals surface area contributed by atoms with Gasteiger partial charge in [0, 0.05) is 42.9 Å². The van der Waals surface area contributed by atoms with E-state index in [0.29, 0.717) is 24.9 Å². The van der Waals surface area contributed by atoms with E-state index in [-0.39, 0.29) is 24.3 Å². The number of nitrogens with zero attached hydrogens (tertiary/aromatic N) is 1. The van der Waals surface area contributed by atoms with E-state index < -0.39 is 0 Å². The maximum absolute atomic E-state index is 12.4. The van der Waals surface area contributed by atoms with Crippen molar-refractivity contribution in [1.82, 2.24) is 10.2 Å². The summed E-state index contributed by atoms with van der Waals surface area (Å²) in [5.74, 6) is -0.331. The van der Waals surface area contributed by atoms with Gasteiger partial charge in [-0.05, 0) is 25.5 Å². The van der Waals surface area contributed by atoms with Crippen LogP contribution >= 0.6 is 0 Å². The lowest BCUT2D eigenvalue weighted by Gasteiger charge is -2.24. The molecule has 2 N–H and O–H groups in total. The number of hydrogen-bond acceptors (Lipinski definition) is 4. The number of fused-ring (bicyclic) bond motifs is 1.